The van der Waals surface area contributed by atoms with E-state index in [1.54, 1.807) is 7.11 Å². The fraction of sp³-hybridized carbons (Fsp3) is 0.588. The number of rotatable bonds is 3. The molecule has 1 saturated carbocycles. The number of carbonyl (C=O) groups excluding carboxylic acids is 1. The molecular formula is C17H24N2O2. The van der Waals surface area contributed by atoms with Crippen LogP contribution in [0.1, 0.15) is 25.7 Å². The number of anilines is 1. The highest BCUT2D eigenvalue weighted by Crippen LogP contribution is 2.24. The summed E-state index contributed by atoms with van der Waals surface area (Å²) < 4.78 is 5.21. The van der Waals surface area contributed by atoms with Crippen LogP contribution in [-0.4, -0.2) is 50.0 Å². The summed E-state index contributed by atoms with van der Waals surface area (Å²) in [5.74, 6) is 1.35. The summed E-state index contributed by atoms with van der Waals surface area (Å²) in [6, 6.07) is 8.94. The molecule has 2 fully saturated rings. The molecule has 1 heterocycles. The number of nitrogens with zero attached hydrogens (tertiary/aromatic N) is 2. The van der Waals surface area contributed by atoms with Crippen LogP contribution in [0.2, 0.25) is 0 Å². The second-order valence-electron chi connectivity index (χ2n) is 5.99. The smallest absolute Gasteiger partial charge is 0.133 e. The Morgan fingerprint density at radius 1 is 1.00 bits per heavy atom. The van der Waals surface area contributed by atoms with Gasteiger partial charge in [0.15, 0.2) is 0 Å². The number of benzene rings is 1. The summed E-state index contributed by atoms with van der Waals surface area (Å²) in [5, 5.41) is 0. The minimum absolute atomic E-state index is 0.447. The summed E-state index contributed by atoms with van der Waals surface area (Å²) in [6.45, 7) is 4.34. The summed E-state index contributed by atoms with van der Waals surface area (Å²) in [6.07, 6.45) is 3.68. The second-order valence-corrected chi connectivity index (χ2v) is 5.99. The first kappa shape index (κ1) is 14.4. The summed E-state index contributed by atoms with van der Waals surface area (Å²) >= 11 is 0. The first-order chi connectivity index (χ1) is 10.3. The lowest BCUT2D eigenvalue weighted by Gasteiger charge is -2.41. The van der Waals surface area contributed by atoms with E-state index >= 15 is 0 Å². The van der Waals surface area contributed by atoms with Crippen molar-refractivity contribution in [3.05, 3.63) is 24.3 Å². The Kier molecular flexibility index (Phi) is 4.44. The average molecular weight is 288 g/mol. The zero-order chi connectivity index (χ0) is 14.7. The predicted molar refractivity (Wildman–Crippen MR) is 84.0 cm³/mol. The van der Waals surface area contributed by atoms with Crippen molar-refractivity contribution in [1.82, 2.24) is 4.90 Å². The van der Waals surface area contributed by atoms with E-state index in [0.29, 0.717) is 11.8 Å². The van der Waals surface area contributed by atoms with Crippen LogP contribution in [0.4, 0.5) is 5.69 Å². The van der Waals surface area contributed by atoms with E-state index in [2.05, 4.69) is 21.9 Å². The van der Waals surface area contributed by atoms with E-state index in [1.165, 1.54) is 5.69 Å². The van der Waals surface area contributed by atoms with Gasteiger partial charge in [0.2, 0.25) is 0 Å². The molecule has 0 aromatic heterocycles. The van der Waals surface area contributed by atoms with E-state index < -0.39 is 0 Å². The van der Waals surface area contributed by atoms with Gasteiger partial charge in [-0.1, -0.05) is 0 Å². The number of hydrogen-bond acceptors (Lipinski definition) is 4. The number of carbonyl (C=O) groups is 1. The molecule has 21 heavy (non-hydrogen) atoms. The first-order valence-electron chi connectivity index (χ1n) is 7.91. The SMILES string of the molecule is COc1ccc(N2CCN(C3CCC(=O)CC3)CC2)cc1. The molecule has 1 aromatic rings. The van der Waals surface area contributed by atoms with Crippen molar-refractivity contribution in [2.24, 2.45) is 0 Å². The highest BCUT2D eigenvalue weighted by molar-refractivity contribution is 5.79. The Labute approximate surface area is 126 Å². The van der Waals surface area contributed by atoms with Gasteiger partial charge in [0, 0.05) is 50.7 Å². The molecule has 0 unspecified atom stereocenters. The van der Waals surface area contributed by atoms with E-state index in [0.717, 1.165) is 57.6 Å². The molecule has 1 aliphatic carbocycles. The monoisotopic (exact) mass is 288 g/mol. The molecule has 3 rings (SSSR count). The lowest BCUT2D eigenvalue weighted by atomic mass is 9.93. The third kappa shape index (κ3) is 3.38. The Balaban J connectivity index is 1.53. The van der Waals surface area contributed by atoms with Gasteiger partial charge in [-0.25, -0.2) is 0 Å². The van der Waals surface area contributed by atoms with E-state index in [9.17, 15) is 4.79 Å². The number of Topliss-reactive ketones (excluding diaryl/α,β-unsaturated/α-hetero) is 1. The van der Waals surface area contributed by atoms with Crippen molar-refractivity contribution in [3.63, 3.8) is 0 Å². The number of methoxy groups -OCH3 is 1. The number of hydrogen-bond donors (Lipinski definition) is 0. The topological polar surface area (TPSA) is 32.8 Å². The fourth-order valence-corrected chi connectivity index (χ4v) is 3.43. The molecule has 0 spiro atoms. The van der Waals surface area contributed by atoms with Gasteiger partial charge in [0.1, 0.15) is 11.5 Å². The van der Waals surface area contributed by atoms with E-state index in [-0.39, 0.29) is 0 Å². The molecule has 1 saturated heterocycles. The molecule has 114 valence electrons. The molecule has 0 radical (unpaired) electrons. The molecule has 0 atom stereocenters. The van der Waals surface area contributed by atoms with Gasteiger partial charge in [-0.15, -0.1) is 0 Å². The van der Waals surface area contributed by atoms with Gasteiger partial charge in [-0.3, -0.25) is 9.69 Å². The number of ketones is 1. The highest BCUT2D eigenvalue weighted by Gasteiger charge is 2.27. The Hall–Kier alpha value is -1.55. The van der Waals surface area contributed by atoms with Crippen LogP contribution in [0.25, 0.3) is 0 Å². The summed E-state index contributed by atoms with van der Waals surface area (Å²) in [4.78, 5) is 16.4. The molecule has 0 bridgehead atoms. The Morgan fingerprint density at radius 3 is 2.19 bits per heavy atom. The molecule has 0 amide bonds. The minimum atomic E-state index is 0.447. The van der Waals surface area contributed by atoms with Crippen molar-refractivity contribution in [2.75, 3.05) is 38.2 Å². The van der Waals surface area contributed by atoms with E-state index in [1.807, 2.05) is 12.1 Å². The largest absolute Gasteiger partial charge is 0.497 e. The maximum absolute atomic E-state index is 11.3. The third-order valence-corrected chi connectivity index (χ3v) is 4.78. The molecule has 2 aliphatic rings. The molecular weight excluding hydrogens is 264 g/mol. The first-order valence-corrected chi connectivity index (χ1v) is 7.91. The van der Waals surface area contributed by atoms with Gasteiger partial charge < -0.3 is 9.64 Å². The van der Waals surface area contributed by atoms with Crippen molar-refractivity contribution < 1.29 is 9.53 Å². The van der Waals surface area contributed by atoms with Crippen LogP contribution in [0, 0.1) is 0 Å². The van der Waals surface area contributed by atoms with Crippen LogP contribution in [0.5, 0.6) is 5.75 Å². The number of ether oxygens (including phenoxy) is 1. The van der Waals surface area contributed by atoms with Crippen LogP contribution in [0.15, 0.2) is 24.3 Å². The Morgan fingerprint density at radius 2 is 1.62 bits per heavy atom. The quantitative estimate of drug-likeness (QED) is 0.854. The van der Waals surface area contributed by atoms with Gasteiger partial charge in [-0.2, -0.15) is 0 Å². The van der Waals surface area contributed by atoms with Crippen LogP contribution >= 0.6 is 0 Å². The summed E-state index contributed by atoms with van der Waals surface area (Å²) in [5.41, 5.74) is 1.27. The second kappa shape index (κ2) is 6.48. The van der Waals surface area contributed by atoms with Gasteiger partial charge in [0.25, 0.3) is 0 Å². The van der Waals surface area contributed by atoms with Gasteiger partial charge in [0.05, 0.1) is 7.11 Å². The van der Waals surface area contributed by atoms with Crippen molar-refractivity contribution in [2.45, 2.75) is 31.7 Å². The predicted octanol–water partition coefficient (Wildman–Crippen LogP) is 2.33. The van der Waals surface area contributed by atoms with Crippen LogP contribution in [0.3, 0.4) is 0 Å². The maximum atomic E-state index is 11.3. The lowest BCUT2D eigenvalue weighted by Crippen LogP contribution is -2.51. The van der Waals surface area contributed by atoms with Crippen molar-refractivity contribution >= 4 is 11.5 Å². The van der Waals surface area contributed by atoms with Crippen LogP contribution in [-0.2, 0) is 4.79 Å². The normalized spacial score (nSPS) is 21.6. The molecule has 0 N–H and O–H groups in total. The molecule has 4 heteroatoms. The minimum Gasteiger partial charge on any atom is -0.497 e. The lowest BCUT2D eigenvalue weighted by molar-refractivity contribution is -0.121. The number of piperazine rings is 1. The van der Waals surface area contributed by atoms with Crippen molar-refractivity contribution in [1.29, 1.82) is 0 Å². The average Bonchev–Trinajstić information content (AvgIpc) is 2.56. The standard InChI is InChI=1S/C17H24N2O2/c1-21-17-8-4-15(5-9-17)19-12-10-18(11-13-19)14-2-6-16(20)7-3-14/h4-5,8-9,14H,2-3,6-7,10-13H2,1H3. The van der Waals surface area contributed by atoms with Crippen molar-refractivity contribution in [3.8, 4) is 5.75 Å². The van der Waals surface area contributed by atoms with E-state index in [4.69, 9.17) is 4.74 Å². The van der Waals surface area contributed by atoms with Gasteiger partial charge in [-0.05, 0) is 37.1 Å². The summed E-state index contributed by atoms with van der Waals surface area (Å²) in [7, 11) is 1.70. The molecule has 4 nitrogen and oxygen atoms in total. The fourth-order valence-electron chi connectivity index (χ4n) is 3.43. The zero-order valence-corrected chi connectivity index (χ0v) is 12.8. The van der Waals surface area contributed by atoms with Crippen LogP contribution < -0.4 is 9.64 Å². The Bertz CT molecular complexity index is 468. The van der Waals surface area contributed by atoms with Gasteiger partial charge >= 0.3 is 0 Å². The molecule has 1 aromatic carbocycles. The zero-order valence-electron chi connectivity index (χ0n) is 12.8. The molecule has 1 aliphatic heterocycles. The third-order valence-electron chi connectivity index (χ3n) is 4.78. The highest BCUT2D eigenvalue weighted by atomic mass is 16.5. The maximum Gasteiger partial charge on any atom is 0.133 e.